The number of benzene rings is 1. The molecule has 3 N–H and O–H groups in total. The second kappa shape index (κ2) is 6.34. The van der Waals surface area contributed by atoms with E-state index in [1.165, 1.54) is 6.07 Å². The fraction of sp³-hybridized carbons (Fsp3) is 0.231. The summed E-state index contributed by atoms with van der Waals surface area (Å²) in [6, 6.07) is 6.55. The smallest absolute Gasteiger partial charge is 0.141 e. The zero-order valence-corrected chi connectivity index (χ0v) is 11.9. The maximum Gasteiger partial charge on any atom is 0.141 e. The molecule has 0 spiro atoms. The van der Waals surface area contributed by atoms with Crippen molar-refractivity contribution in [3.8, 4) is 5.75 Å². The number of thiophene rings is 1. The molecule has 2 aromatic rings. The van der Waals surface area contributed by atoms with E-state index in [0.29, 0.717) is 6.42 Å². The van der Waals surface area contributed by atoms with Gasteiger partial charge in [-0.2, -0.15) is 0 Å². The van der Waals surface area contributed by atoms with Gasteiger partial charge in [0.2, 0.25) is 0 Å². The number of nitrogens with one attached hydrogen (secondary N) is 1. The molecule has 0 amide bonds. The summed E-state index contributed by atoms with van der Waals surface area (Å²) >= 11 is 7.33. The Morgan fingerprint density at radius 3 is 2.84 bits per heavy atom. The molecule has 102 valence electrons. The van der Waals surface area contributed by atoms with E-state index in [0.717, 1.165) is 16.2 Å². The van der Waals surface area contributed by atoms with Gasteiger partial charge in [0, 0.05) is 10.3 Å². The lowest BCUT2D eigenvalue weighted by Crippen LogP contribution is -2.28. The third-order valence-corrected chi connectivity index (χ3v) is 4.11. The first kappa shape index (κ1) is 14.3. The number of nitrogens with two attached hydrogens (primary N) is 1. The van der Waals surface area contributed by atoms with Gasteiger partial charge in [0.1, 0.15) is 11.6 Å². The maximum atomic E-state index is 13.1. The third kappa shape index (κ3) is 3.45. The molecule has 2 rings (SSSR count). The van der Waals surface area contributed by atoms with E-state index in [9.17, 15) is 4.39 Å². The van der Waals surface area contributed by atoms with E-state index in [4.69, 9.17) is 22.2 Å². The monoisotopic (exact) mass is 300 g/mol. The van der Waals surface area contributed by atoms with Gasteiger partial charge in [-0.1, -0.05) is 17.7 Å². The maximum absolute atomic E-state index is 13.1. The topological polar surface area (TPSA) is 47.3 Å². The molecule has 0 radical (unpaired) electrons. The van der Waals surface area contributed by atoms with Crippen LogP contribution in [-0.4, -0.2) is 7.11 Å². The Morgan fingerprint density at radius 2 is 2.26 bits per heavy atom. The summed E-state index contributed by atoms with van der Waals surface area (Å²) in [4.78, 5) is 1.06. The summed E-state index contributed by atoms with van der Waals surface area (Å²) in [6.07, 6.45) is 0.625. The van der Waals surface area contributed by atoms with E-state index < -0.39 is 5.82 Å². The Kier molecular flexibility index (Phi) is 4.76. The lowest BCUT2D eigenvalue weighted by molar-refractivity contribution is 0.415. The van der Waals surface area contributed by atoms with Gasteiger partial charge in [-0.05, 0) is 30.2 Å². The molecule has 1 unspecified atom stereocenters. The molecule has 0 aliphatic heterocycles. The van der Waals surface area contributed by atoms with Crippen molar-refractivity contribution in [1.29, 1.82) is 0 Å². The molecule has 0 saturated heterocycles. The summed E-state index contributed by atoms with van der Waals surface area (Å²) in [6.45, 7) is 0. The molecule has 1 atom stereocenters. The summed E-state index contributed by atoms with van der Waals surface area (Å²) in [7, 11) is 1.62. The summed E-state index contributed by atoms with van der Waals surface area (Å²) in [5, 5.41) is 2.04. The van der Waals surface area contributed by atoms with Crippen LogP contribution in [0.25, 0.3) is 0 Å². The van der Waals surface area contributed by atoms with Crippen LogP contribution in [-0.2, 0) is 6.42 Å². The number of rotatable bonds is 5. The fourth-order valence-corrected chi connectivity index (χ4v) is 2.89. The van der Waals surface area contributed by atoms with Gasteiger partial charge < -0.3 is 4.74 Å². The minimum atomic E-state index is -0.416. The summed E-state index contributed by atoms with van der Waals surface area (Å²) in [5.74, 6) is 5.97. The average molecular weight is 301 g/mol. The average Bonchev–Trinajstić information content (AvgIpc) is 2.88. The number of hydrogen-bond acceptors (Lipinski definition) is 4. The lowest BCUT2D eigenvalue weighted by atomic mass is 10.1. The number of methoxy groups -OCH3 is 1. The van der Waals surface area contributed by atoms with Crippen molar-refractivity contribution in [2.75, 3.05) is 7.11 Å². The van der Waals surface area contributed by atoms with Crippen molar-refractivity contribution < 1.29 is 9.13 Å². The standard InChI is InChI=1S/C13H14ClFN2OS/c1-18-9-6-13(19-7-9)12(17-16)5-8-2-3-11(15)10(14)4-8/h2-4,6-7,12,17H,5,16H2,1H3. The van der Waals surface area contributed by atoms with Crippen molar-refractivity contribution >= 4 is 22.9 Å². The minimum absolute atomic E-state index is 0.0598. The Morgan fingerprint density at radius 1 is 1.47 bits per heavy atom. The van der Waals surface area contributed by atoms with Gasteiger partial charge >= 0.3 is 0 Å². The second-order valence-corrected chi connectivity index (χ2v) is 5.41. The fourth-order valence-electron chi connectivity index (χ4n) is 1.77. The predicted molar refractivity (Wildman–Crippen MR) is 76.0 cm³/mol. The molecule has 0 aliphatic carbocycles. The van der Waals surface area contributed by atoms with Crippen LogP contribution in [0.3, 0.4) is 0 Å². The SMILES string of the molecule is COc1csc(C(Cc2ccc(F)c(Cl)c2)NN)c1. The molecule has 1 aromatic carbocycles. The van der Waals surface area contributed by atoms with Gasteiger partial charge in [-0.3, -0.25) is 11.3 Å². The van der Waals surface area contributed by atoms with Crippen LogP contribution >= 0.6 is 22.9 Å². The molecule has 0 fully saturated rings. The normalized spacial score (nSPS) is 12.4. The van der Waals surface area contributed by atoms with Crippen LogP contribution in [0.4, 0.5) is 4.39 Å². The van der Waals surface area contributed by atoms with Crippen LogP contribution in [0, 0.1) is 5.82 Å². The van der Waals surface area contributed by atoms with E-state index >= 15 is 0 Å². The zero-order chi connectivity index (χ0) is 13.8. The first-order valence-corrected chi connectivity index (χ1v) is 6.92. The highest BCUT2D eigenvalue weighted by molar-refractivity contribution is 7.10. The van der Waals surface area contributed by atoms with Crippen molar-refractivity contribution in [2.24, 2.45) is 5.84 Å². The Hall–Kier alpha value is -1.14. The highest BCUT2D eigenvalue weighted by Gasteiger charge is 2.14. The van der Waals surface area contributed by atoms with Crippen LogP contribution in [0.15, 0.2) is 29.6 Å². The molecule has 0 saturated carbocycles. The third-order valence-electron chi connectivity index (χ3n) is 2.80. The van der Waals surface area contributed by atoms with E-state index in [2.05, 4.69) is 5.43 Å². The Bertz CT molecular complexity index is 561. The van der Waals surface area contributed by atoms with Crippen LogP contribution in [0.2, 0.25) is 5.02 Å². The Balaban J connectivity index is 2.16. The zero-order valence-electron chi connectivity index (χ0n) is 10.3. The molecule has 0 bridgehead atoms. The van der Waals surface area contributed by atoms with E-state index in [1.54, 1.807) is 30.6 Å². The first-order chi connectivity index (χ1) is 9.13. The van der Waals surface area contributed by atoms with E-state index in [1.807, 2.05) is 11.4 Å². The lowest BCUT2D eigenvalue weighted by Gasteiger charge is -2.14. The number of hydrazine groups is 1. The van der Waals surface area contributed by atoms with Gasteiger partial charge in [-0.15, -0.1) is 11.3 Å². The van der Waals surface area contributed by atoms with Gasteiger partial charge in [0.05, 0.1) is 18.2 Å². The molecule has 1 heterocycles. The molecule has 19 heavy (non-hydrogen) atoms. The molecule has 0 aliphatic rings. The molecular formula is C13H14ClFN2OS. The molecular weight excluding hydrogens is 287 g/mol. The minimum Gasteiger partial charge on any atom is -0.496 e. The van der Waals surface area contributed by atoms with Gasteiger partial charge in [-0.25, -0.2) is 4.39 Å². The van der Waals surface area contributed by atoms with Crippen LogP contribution in [0.5, 0.6) is 5.75 Å². The Labute approximate surface area is 120 Å². The largest absolute Gasteiger partial charge is 0.496 e. The first-order valence-electron chi connectivity index (χ1n) is 5.66. The van der Waals surface area contributed by atoms with Crippen molar-refractivity contribution in [3.63, 3.8) is 0 Å². The molecule has 3 nitrogen and oxygen atoms in total. The number of hydrogen-bond donors (Lipinski definition) is 2. The number of ether oxygens (including phenoxy) is 1. The van der Waals surface area contributed by atoms with Gasteiger partial charge in [0.25, 0.3) is 0 Å². The van der Waals surface area contributed by atoms with Crippen LogP contribution < -0.4 is 16.0 Å². The van der Waals surface area contributed by atoms with Crippen molar-refractivity contribution in [2.45, 2.75) is 12.5 Å². The van der Waals surface area contributed by atoms with Crippen LogP contribution in [0.1, 0.15) is 16.5 Å². The highest BCUT2D eigenvalue weighted by atomic mass is 35.5. The second-order valence-electron chi connectivity index (χ2n) is 4.06. The quantitative estimate of drug-likeness (QED) is 0.658. The highest BCUT2D eigenvalue weighted by Crippen LogP contribution is 2.29. The summed E-state index contributed by atoms with van der Waals surface area (Å²) in [5.41, 5.74) is 3.67. The van der Waals surface area contributed by atoms with Crippen molar-refractivity contribution in [3.05, 3.63) is 50.9 Å². The predicted octanol–water partition coefficient (Wildman–Crippen LogP) is 3.30. The molecule has 6 heteroatoms. The number of halogens is 2. The van der Waals surface area contributed by atoms with Gasteiger partial charge in [0.15, 0.2) is 0 Å². The van der Waals surface area contributed by atoms with Crippen molar-refractivity contribution in [1.82, 2.24) is 5.43 Å². The van der Waals surface area contributed by atoms with E-state index in [-0.39, 0.29) is 11.1 Å². The molecule has 1 aromatic heterocycles. The summed E-state index contributed by atoms with van der Waals surface area (Å²) < 4.78 is 18.2.